The third kappa shape index (κ3) is 3.12. The number of hydrogen-bond donors (Lipinski definition) is 1. The van der Waals surface area contributed by atoms with Crippen molar-refractivity contribution >= 4 is 32.6 Å². The number of carbonyl (C=O) groups excluding carboxylic acids is 1. The van der Waals surface area contributed by atoms with Gasteiger partial charge in [0.2, 0.25) is 5.91 Å². The van der Waals surface area contributed by atoms with Crippen LogP contribution in [0.3, 0.4) is 0 Å². The average Bonchev–Trinajstić information content (AvgIpc) is 2.90. The number of piperidine rings is 1. The fraction of sp³-hybridized carbons (Fsp3) is 0.500. The summed E-state index contributed by atoms with van der Waals surface area (Å²) in [6, 6.07) is 1.94. The summed E-state index contributed by atoms with van der Waals surface area (Å²) in [6.07, 6.45) is 4.30. The van der Waals surface area contributed by atoms with Gasteiger partial charge in [0.1, 0.15) is 11.2 Å². The molecule has 0 atom stereocenters. The maximum atomic E-state index is 14.6. The van der Waals surface area contributed by atoms with E-state index < -0.39 is 5.67 Å². The normalized spacial score (nSPS) is 17.9. The highest BCUT2D eigenvalue weighted by atomic mass is 32.1. The van der Waals surface area contributed by atoms with Crippen LogP contribution >= 0.6 is 11.3 Å². The molecule has 1 amide bonds. The fourth-order valence-electron chi connectivity index (χ4n) is 2.46. The van der Waals surface area contributed by atoms with Crippen LogP contribution in [0.4, 0.5) is 9.52 Å². The Morgan fingerprint density at radius 1 is 1.52 bits per heavy atom. The Labute approximate surface area is 126 Å². The van der Waals surface area contributed by atoms with E-state index in [1.807, 2.05) is 6.07 Å². The van der Waals surface area contributed by atoms with Gasteiger partial charge in [-0.15, -0.1) is 0 Å². The number of anilines is 1. The molecule has 0 radical (unpaired) electrons. The molecular weight excluding hydrogens is 291 g/mol. The second-order valence-electron chi connectivity index (χ2n) is 5.39. The van der Waals surface area contributed by atoms with Gasteiger partial charge in [-0.2, -0.15) is 0 Å². The van der Waals surface area contributed by atoms with Crippen LogP contribution in [0.5, 0.6) is 0 Å². The number of nitrogens with one attached hydrogen (secondary N) is 1. The molecule has 2 aromatic heterocycles. The van der Waals surface area contributed by atoms with E-state index in [0.29, 0.717) is 25.9 Å². The molecule has 0 aliphatic carbocycles. The van der Waals surface area contributed by atoms with E-state index in [4.69, 9.17) is 0 Å². The fourth-order valence-corrected chi connectivity index (χ4v) is 3.45. The number of pyridine rings is 1. The largest absolute Gasteiger partial charge is 0.353 e. The van der Waals surface area contributed by atoms with Gasteiger partial charge in [-0.1, -0.05) is 11.3 Å². The highest BCUT2D eigenvalue weighted by Gasteiger charge is 2.35. The van der Waals surface area contributed by atoms with Crippen molar-refractivity contribution in [3.63, 3.8) is 0 Å². The Balaban J connectivity index is 1.66. The van der Waals surface area contributed by atoms with Gasteiger partial charge in [-0.25, -0.2) is 9.37 Å². The number of thiazole rings is 1. The van der Waals surface area contributed by atoms with E-state index in [0.717, 1.165) is 15.3 Å². The first-order chi connectivity index (χ1) is 10.1. The summed E-state index contributed by atoms with van der Waals surface area (Å²) < 4.78 is 15.7. The zero-order valence-electron chi connectivity index (χ0n) is 11.8. The summed E-state index contributed by atoms with van der Waals surface area (Å²) in [5.41, 5.74) is -0.423. The van der Waals surface area contributed by atoms with Crippen LogP contribution in [-0.2, 0) is 4.79 Å². The van der Waals surface area contributed by atoms with Crippen molar-refractivity contribution in [3.8, 4) is 0 Å². The van der Waals surface area contributed by atoms with Crippen LogP contribution in [0.2, 0.25) is 0 Å². The summed E-state index contributed by atoms with van der Waals surface area (Å²) in [4.78, 5) is 21.6. The smallest absolute Gasteiger partial charge is 0.216 e. The molecule has 1 fully saturated rings. The van der Waals surface area contributed by atoms with Crippen LogP contribution in [0.15, 0.2) is 18.5 Å². The minimum atomic E-state index is -1.31. The lowest BCUT2D eigenvalue weighted by atomic mass is 9.93. The highest BCUT2D eigenvalue weighted by molar-refractivity contribution is 7.22. The molecule has 0 bridgehead atoms. The van der Waals surface area contributed by atoms with Crippen LogP contribution in [0, 0.1) is 0 Å². The molecule has 0 aromatic carbocycles. The first-order valence-electron chi connectivity index (χ1n) is 6.95. The van der Waals surface area contributed by atoms with Gasteiger partial charge in [0.05, 0.1) is 17.4 Å². The third-order valence-electron chi connectivity index (χ3n) is 3.76. The van der Waals surface area contributed by atoms with Gasteiger partial charge < -0.3 is 10.2 Å². The van der Waals surface area contributed by atoms with Crippen molar-refractivity contribution in [2.75, 3.05) is 24.5 Å². The summed E-state index contributed by atoms with van der Waals surface area (Å²) in [7, 11) is 0. The number of halogens is 1. The summed E-state index contributed by atoms with van der Waals surface area (Å²) >= 11 is 1.60. The van der Waals surface area contributed by atoms with Gasteiger partial charge >= 0.3 is 0 Å². The predicted octanol–water partition coefficient (Wildman–Crippen LogP) is 2.14. The Morgan fingerprint density at radius 2 is 2.29 bits per heavy atom. The molecule has 7 heteroatoms. The highest BCUT2D eigenvalue weighted by Crippen LogP contribution is 2.33. The molecule has 2 aromatic rings. The molecule has 21 heavy (non-hydrogen) atoms. The zero-order valence-corrected chi connectivity index (χ0v) is 12.6. The number of nitrogens with zero attached hydrogens (tertiary/aromatic N) is 3. The minimum absolute atomic E-state index is 0.0972. The first kappa shape index (κ1) is 14.2. The molecule has 3 rings (SSSR count). The molecule has 5 nitrogen and oxygen atoms in total. The van der Waals surface area contributed by atoms with Crippen molar-refractivity contribution in [2.45, 2.75) is 25.4 Å². The summed E-state index contributed by atoms with van der Waals surface area (Å²) in [5, 5.41) is 3.49. The maximum absolute atomic E-state index is 14.6. The van der Waals surface area contributed by atoms with Gasteiger partial charge in [0.15, 0.2) is 5.13 Å². The number of amides is 1. The monoisotopic (exact) mass is 308 g/mol. The number of fused-ring (bicyclic) bond motifs is 1. The van der Waals surface area contributed by atoms with E-state index in [9.17, 15) is 9.18 Å². The van der Waals surface area contributed by atoms with Crippen LogP contribution < -0.4 is 10.2 Å². The van der Waals surface area contributed by atoms with Crippen LogP contribution in [0.1, 0.15) is 19.8 Å². The average molecular weight is 308 g/mol. The SMILES string of the molecule is CC(=O)NCC1(F)CCN(c2nc3cnccc3s2)CC1. The Hall–Kier alpha value is -1.76. The molecule has 1 aliphatic heterocycles. The number of hydrogen-bond acceptors (Lipinski definition) is 5. The second-order valence-corrected chi connectivity index (χ2v) is 6.40. The minimum Gasteiger partial charge on any atom is -0.353 e. The van der Waals surface area contributed by atoms with Gasteiger partial charge in [0.25, 0.3) is 0 Å². The summed E-state index contributed by atoms with van der Waals surface area (Å²) in [6.45, 7) is 2.74. The van der Waals surface area contributed by atoms with Gasteiger partial charge in [-0.3, -0.25) is 9.78 Å². The van der Waals surface area contributed by atoms with Crippen LogP contribution in [-0.4, -0.2) is 41.2 Å². The summed E-state index contributed by atoms with van der Waals surface area (Å²) in [5.74, 6) is -0.187. The second kappa shape index (κ2) is 5.55. The molecule has 1 saturated heterocycles. The predicted molar refractivity (Wildman–Crippen MR) is 81.4 cm³/mol. The molecule has 0 unspecified atom stereocenters. The van der Waals surface area contributed by atoms with Crippen molar-refractivity contribution in [1.82, 2.24) is 15.3 Å². The molecule has 1 aliphatic rings. The quantitative estimate of drug-likeness (QED) is 0.944. The lowest BCUT2D eigenvalue weighted by Crippen LogP contribution is -2.48. The molecule has 0 spiro atoms. The van der Waals surface area contributed by atoms with Crippen molar-refractivity contribution in [1.29, 1.82) is 0 Å². The van der Waals surface area contributed by atoms with E-state index >= 15 is 0 Å². The number of carbonyl (C=O) groups is 1. The van der Waals surface area contributed by atoms with Crippen molar-refractivity contribution in [2.24, 2.45) is 0 Å². The maximum Gasteiger partial charge on any atom is 0.216 e. The van der Waals surface area contributed by atoms with E-state index in [1.54, 1.807) is 23.7 Å². The molecular formula is C14H17FN4OS. The van der Waals surface area contributed by atoms with Gasteiger partial charge in [0, 0.05) is 39.1 Å². The zero-order chi connectivity index (χ0) is 14.9. The first-order valence-corrected chi connectivity index (χ1v) is 7.76. The Kier molecular flexibility index (Phi) is 3.75. The van der Waals surface area contributed by atoms with Gasteiger partial charge in [-0.05, 0) is 6.07 Å². The lowest BCUT2D eigenvalue weighted by molar-refractivity contribution is -0.119. The molecule has 1 N–H and O–H groups in total. The molecule has 112 valence electrons. The lowest BCUT2D eigenvalue weighted by Gasteiger charge is -2.36. The number of alkyl halides is 1. The number of aromatic nitrogens is 2. The topological polar surface area (TPSA) is 58.1 Å². The standard InChI is InChI=1S/C14H17FN4OS/c1-10(20)17-9-14(15)3-6-19(7-4-14)13-18-11-8-16-5-2-12(11)21-13/h2,5,8H,3-4,6-7,9H2,1H3,(H,17,20). The van der Waals surface area contributed by atoms with E-state index in [1.165, 1.54) is 6.92 Å². The number of rotatable bonds is 3. The Bertz CT molecular complexity index is 618. The molecule has 0 saturated carbocycles. The van der Waals surface area contributed by atoms with Crippen molar-refractivity contribution < 1.29 is 9.18 Å². The van der Waals surface area contributed by atoms with E-state index in [2.05, 4.69) is 20.2 Å². The van der Waals surface area contributed by atoms with Crippen molar-refractivity contribution in [3.05, 3.63) is 18.5 Å². The van der Waals surface area contributed by atoms with E-state index in [-0.39, 0.29) is 12.5 Å². The Morgan fingerprint density at radius 3 is 2.95 bits per heavy atom. The van der Waals surface area contributed by atoms with Crippen LogP contribution in [0.25, 0.3) is 10.2 Å². The molecule has 3 heterocycles. The third-order valence-corrected chi connectivity index (χ3v) is 4.86.